The average Bonchev–Trinajstić information content (AvgIpc) is 2.57. The van der Waals surface area contributed by atoms with Gasteiger partial charge in [-0.05, 0) is 6.08 Å². The van der Waals surface area contributed by atoms with Gasteiger partial charge in [-0.25, -0.2) is 0 Å². The van der Waals surface area contributed by atoms with Crippen LogP contribution in [-0.2, 0) is 14.3 Å². The van der Waals surface area contributed by atoms with Crippen molar-refractivity contribution in [2.45, 2.75) is 31.0 Å². The molecule has 2 rings (SSSR count). The number of aliphatic hydroxyl groups is 3. The molecule has 0 radical (unpaired) electrons. The summed E-state index contributed by atoms with van der Waals surface area (Å²) in [6, 6.07) is 0. The molecule has 0 aliphatic carbocycles. The van der Waals surface area contributed by atoms with Crippen LogP contribution in [0.2, 0.25) is 0 Å². The van der Waals surface area contributed by atoms with Crippen molar-refractivity contribution in [1.29, 1.82) is 0 Å². The van der Waals surface area contributed by atoms with Crippen molar-refractivity contribution in [3.05, 3.63) is 12.3 Å². The smallest absolute Gasteiger partial charge is 0.236 e. The highest BCUT2D eigenvalue weighted by Gasteiger charge is 2.46. The van der Waals surface area contributed by atoms with Crippen LogP contribution in [0.25, 0.3) is 0 Å². The lowest BCUT2D eigenvalue weighted by Gasteiger charge is -2.28. The van der Waals surface area contributed by atoms with Crippen molar-refractivity contribution in [1.82, 2.24) is 4.90 Å². The lowest BCUT2D eigenvalue weighted by atomic mass is 10.1. The van der Waals surface area contributed by atoms with E-state index in [0.29, 0.717) is 0 Å². The molecule has 94 valence electrons. The van der Waals surface area contributed by atoms with E-state index in [-0.39, 0.29) is 12.2 Å². The van der Waals surface area contributed by atoms with Crippen molar-refractivity contribution < 1.29 is 29.6 Å². The van der Waals surface area contributed by atoms with Crippen LogP contribution in [0.15, 0.2) is 12.3 Å². The van der Waals surface area contributed by atoms with Gasteiger partial charge in [0.1, 0.15) is 18.3 Å². The van der Waals surface area contributed by atoms with Crippen molar-refractivity contribution in [2.24, 2.45) is 0 Å². The van der Waals surface area contributed by atoms with E-state index in [2.05, 4.69) is 0 Å². The lowest BCUT2D eigenvalue weighted by molar-refractivity contribution is -0.148. The molecule has 1 saturated heterocycles. The molecule has 0 aromatic heterocycles. The Balaban J connectivity index is 2.16. The fourth-order valence-electron chi connectivity index (χ4n) is 1.88. The predicted octanol–water partition coefficient (Wildman–Crippen LogP) is -2.26. The number of carbonyl (C=O) groups is 2. The summed E-state index contributed by atoms with van der Waals surface area (Å²) in [5, 5.41) is 28.1. The summed E-state index contributed by atoms with van der Waals surface area (Å²) < 4.78 is 5.17. The number of hydrogen-bond donors (Lipinski definition) is 3. The monoisotopic (exact) mass is 243 g/mol. The van der Waals surface area contributed by atoms with Gasteiger partial charge in [0, 0.05) is 6.20 Å². The first-order valence-corrected chi connectivity index (χ1v) is 5.19. The van der Waals surface area contributed by atoms with E-state index < -0.39 is 37.1 Å². The zero-order valence-corrected chi connectivity index (χ0v) is 8.89. The number of allylic oxidation sites excluding steroid dienone is 1. The maximum atomic E-state index is 11.6. The third-order valence-electron chi connectivity index (χ3n) is 2.83. The Morgan fingerprint density at radius 3 is 2.59 bits per heavy atom. The Hall–Kier alpha value is -1.28. The first kappa shape index (κ1) is 12.2. The fraction of sp³-hybridized carbons (Fsp3) is 0.600. The molecule has 17 heavy (non-hydrogen) atoms. The van der Waals surface area contributed by atoms with Gasteiger partial charge >= 0.3 is 0 Å². The highest BCUT2D eigenvalue weighted by molar-refractivity contribution is 6.06. The molecule has 1 amide bonds. The summed E-state index contributed by atoms with van der Waals surface area (Å²) in [6.45, 7) is -0.459. The zero-order chi connectivity index (χ0) is 12.6. The Kier molecular flexibility index (Phi) is 3.25. The number of aliphatic hydroxyl groups excluding tert-OH is 3. The minimum Gasteiger partial charge on any atom is -0.394 e. The lowest BCUT2D eigenvalue weighted by Crippen LogP contribution is -2.46. The number of ether oxygens (including phenoxy) is 1. The summed E-state index contributed by atoms with van der Waals surface area (Å²) >= 11 is 0. The molecule has 0 aromatic carbocycles. The summed E-state index contributed by atoms with van der Waals surface area (Å²) in [5.41, 5.74) is 0. The first-order chi connectivity index (χ1) is 8.04. The van der Waals surface area contributed by atoms with E-state index in [0.717, 1.165) is 4.90 Å². The van der Waals surface area contributed by atoms with Crippen LogP contribution in [0, 0.1) is 0 Å². The summed E-state index contributed by atoms with van der Waals surface area (Å²) in [4.78, 5) is 23.6. The Labute approximate surface area is 96.9 Å². The molecule has 2 aliphatic rings. The molecule has 0 spiro atoms. The van der Waals surface area contributed by atoms with Crippen LogP contribution >= 0.6 is 0 Å². The maximum Gasteiger partial charge on any atom is 0.236 e. The van der Waals surface area contributed by atoms with Crippen LogP contribution in [0.3, 0.4) is 0 Å². The van der Waals surface area contributed by atoms with Crippen LogP contribution in [0.1, 0.15) is 6.42 Å². The van der Waals surface area contributed by atoms with Crippen LogP contribution in [-0.4, -0.2) is 63.1 Å². The first-order valence-electron chi connectivity index (χ1n) is 5.19. The van der Waals surface area contributed by atoms with Crippen LogP contribution in [0.4, 0.5) is 0 Å². The largest absolute Gasteiger partial charge is 0.394 e. The Morgan fingerprint density at radius 2 is 2.06 bits per heavy atom. The van der Waals surface area contributed by atoms with E-state index in [4.69, 9.17) is 9.84 Å². The van der Waals surface area contributed by atoms with Gasteiger partial charge in [-0.15, -0.1) is 0 Å². The second kappa shape index (κ2) is 4.53. The van der Waals surface area contributed by atoms with Crippen molar-refractivity contribution in [2.75, 3.05) is 6.61 Å². The van der Waals surface area contributed by atoms with Crippen molar-refractivity contribution in [3.8, 4) is 0 Å². The number of carbonyl (C=O) groups excluding carboxylic acids is 2. The molecule has 1 unspecified atom stereocenters. The Morgan fingerprint density at radius 1 is 1.35 bits per heavy atom. The Bertz CT molecular complexity index is 368. The molecule has 3 N–H and O–H groups in total. The quantitative estimate of drug-likeness (QED) is 0.472. The van der Waals surface area contributed by atoms with Gasteiger partial charge in [0.15, 0.2) is 12.0 Å². The number of nitrogens with zero attached hydrogens (tertiary/aromatic N) is 1. The number of ketones is 1. The second-order valence-electron chi connectivity index (χ2n) is 3.99. The van der Waals surface area contributed by atoms with E-state index in [1.165, 1.54) is 12.3 Å². The molecule has 0 bridgehead atoms. The maximum absolute atomic E-state index is 11.6. The third-order valence-corrected chi connectivity index (χ3v) is 2.83. The highest BCUT2D eigenvalue weighted by Crippen LogP contribution is 2.25. The number of amides is 1. The standard InChI is InChI=1S/C10H13NO6/c12-4-6-8(15)9(16)10(17-6)11-2-1-5(13)3-7(11)14/h1-2,6,8-10,12,15-16H,3-4H2/t6-,8-,9-,10?/m1/s1. The van der Waals surface area contributed by atoms with Gasteiger partial charge < -0.3 is 20.1 Å². The fourth-order valence-corrected chi connectivity index (χ4v) is 1.88. The van der Waals surface area contributed by atoms with Gasteiger partial charge in [-0.3, -0.25) is 14.5 Å². The molecule has 1 fully saturated rings. The van der Waals surface area contributed by atoms with E-state index >= 15 is 0 Å². The second-order valence-corrected chi connectivity index (χ2v) is 3.99. The molecule has 2 heterocycles. The third kappa shape index (κ3) is 2.09. The van der Waals surface area contributed by atoms with Gasteiger partial charge in [-0.1, -0.05) is 0 Å². The number of hydrogen-bond acceptors (Lipinski definition) is 6. The van der Waals surface area contributed by atoms with E-state index in [1.54, 1.807) is 0 Å². The summed E-state index contributed by atoms with van der Waals surface area (Å²) in [6.07, 6.45) is -2.45. The van der Waals surface area contributed by atoms with Crippen LogP contribution < -0.4 is 0 Å². The molecule has 0 saturated carbocycles. The minimum absolute atomic E-state index is 0.289. The summed E-state index contributed by atoms with van der Waals surface area (Å²) in [7, 11) is 0. The molecule has 4 atom stereocenters. The normalized spacial score (nSPS) is 37.9. The zero-order valence-electron chi connectivity index (χ0n) is 8.89. The molecular formula is C10H13NO6. The number of rotatable bonds is 2. The molecule has 7 nitrogen and oxygen atoms in total. The van der Waals surface area contributed by atoms with Gasteiger partial charge in [-0.2, -0.15) is 0 Å². The molecule has 0 aromatic rings. The minimum atomic E-state index is -1.31. The van der Waals surface area contributed by atoms with Gasteiger partial charge in [0.25, 0.3) is 0 Å². The topological polar surface area (TPSA) is 107 Å². The molecule has 7 heteroatoms. The van der Waals surface area contributed by atoms with Crippen LogP contribution in [0.5, 0.6) is 0 Å². The van der Waals surface area contributed by atoms with E-state index in [9.17, 15) is 19.8 Å². The predicted molar refractivity (Wildman–Crippen MR) is 53.4 cm³/mol. The molecule has 2 aliphatic heterocycles. The highest BCUT2D eigenvalue weighted by atomic mass is 16.6. The molecular weight excluding hydrogens is 230 g/mol. The van der Waals surface area contributed by atoms with Crippen molar-refractivity contribution >= 4 is 11.7 Å². The average molecular weight is 243 g/mol. The van der Waals surface area contributed by atoms with Gasteiger partial charge in [0.05, 0.1) is 13.0 Å². The van der Waals surface area contributed by atoms with E-state index in [1.807, 2.05) is 0 Å². The van der Waals surface area contributed by atoms with Crippen molar-refractivity contribution in [3.63, 3.8) is 0 Å². The SMILES string of the molecule is O=C1C=CN(C2O[C@H](CO)[C@@H](O)[C@H]2O)C(=O)C1. The van der Waals surface area contributed by atoms with Gasteiger partial charge in [0.2, 0.25) is 5.91 Å². The summed E-state index contributed by atoms with van der Waals surface area (Å²) in [5.74, 6) is -0.828.